The number of amides is 1. The summed E-state index contributed by atoms with van der Waals surface area (Å²) in [4.78, 5) is 17.7. The number of alkyl halides is 3. The second-order valence-electron chi connectivity index (χ2n) is 11.0. The Kier molecular flexibility index (Phi) is 7.90. The van der Waals surface area contributed by atoms with E-state index in [0.29, 0.717) is 25.2 Å². The van der Waals surface area contributed by atoms with Gasteiger partial charge in [-0.25, -0.2) is 0 Å². The van der Waals surface area contributed by atoms with Crippen molar-refractivity contribution < 1.29 is 32.2 Å². The summed E-state index contributed by atoms with van der Waals surface area (Å²) in [7, 11) is 3.54. The number of carbonyl (C=O) groups excluding carboxylic acids is 1. The van der Waals surface area contributed by atoms with Crippen LogP contribution in [0.3, 0.4) is 0 Å². The first-order valence-electron chi connectivity index (χ1n) is 12.7. The first-order valence-corrected chi connectivity index (χ1v) is 12.7. The summed E-state index contributed by atoms with van der Waals surface area (Å²) in [6, 6.07) is 4.80. The third-order valence-electron chi connectivity index (χ3n) is 7.16. The molecule has 2 aromatic rings. The highest BCUT2D eigenvalue weighted by atomic mass is 19.4. The molecular formula is C27H36F3N3O4. The third kappa shape index (κ3) is 6.29. The van der Waals surface area contributed by atoms with Gasteiger partial charge in [-0.1, -0.05) is 20.8 Å². The van der Waals surface area contributed by atoms with Crippen LogP contribution in [-0.2, 0) is 34.7 Å². The molecule has 0 N–H and O–H groups in total. The summed E-state index contributed by atoms with van der Waals surface area (Å²) in [5.74, 6) is -0.457. The van der Waals surface area contributed by atoms with Gasteiger partial charge in [0.1, 0.15) is 5.75 Å². The molecule has 1 saturated carbocycles. The molecule has 0 unspecified atom stereocenters. The number of rotatable bonds is 7. The van der Waals surface area contributed by atoms with Gasteiger partial charge in [0.2, 0.25) is 0 Å². The van der Waals surface area contributed by atoms with Gasteiger partial charge in [0, 0.05) is 37.9 Å². The zero-order valence-corrected chi connectivity index (χ0v) is 22.1. The van der Waals surface area contributed by atoms with Gasteiger partial charge in [0.05, 0.1) is 36.5 Å². The molecule has 2 aliphatic rings. The Morgan fingerprint density at radius 2 is 1.92 bits per heavy atom. The Hall–Kier alpha value is -2.59. The summed E-state index contributed by atoms with van der Waals surface area (Å²) in [6.45, 7) is 7.63. The molecule has 2 heterocycles. The molecule has 1 saturated heterocycles. The molecule has 0 spiro atoms. The van der Waals surface area contributed by atoms with Crippen molar-refractivity contribution in [2.45, 2.75) is 76.8 Å². The highest BCUT2D eigenvalue weighted by molar-refractivity contribution is 5.97. The van der Waals surface area contributed by atoms with E-state index in [1.165, 1.54) is 6.07 Å². The Morgan fingerprint density at radius 3 is 2.51 bits per heavy atom. The zero-order chi connectivity index (χ0) is 27.0. The summed E-state index contributed by atoms with van der Waals surface area (Å²) < 4.78 is 61.3. The molecule has 2 fully saturated rings. The summed E-state index contributed by atoms with van der Waals surface area (Å²) in [6.07, 6.45) is -0.953. The van der Waals surface area contributed by atoms with E-state index in [0.717, 1.165) is 43.5 Å². The number of halogens is 3. The van der Waals surface area contributed by atoms with E-state index in [1.807, 2.05) is 22.5 Å². The van der Waals surface area contributed by atoms with Crippen LogP contribution in [0.15, 0.2) is 29.3 Å². The van der Waals surface area contributed by atoms with Crippen LogP contribution < -0.4 is 10.2 Å². The van der Waals surface area contributed by atoms with E-state index < -0.39 is 17.6 Å². The summed E-state index contributed by atoms with van der Waals surface area (Å²) >= 11 is 0. The van der Waals surface area contributed by atoms with Crippen LogP contribution in [0, 0.1) is 5.92 Å². The maximum atomic E-state index is 13.5. The molecule has 204 valence electrons. The predicted molar refractivity (Wildman–Crippen MR) is 131 cm³/mol. The lowest BCUT2D eigenvalue weighted by Crippen LogP contribution is -2.34. The minimum Gasteiger partial charge on any atom is -0.492 e. The Morgan fingerprint density at radius 1 is 1.19 bits per heavy atom. The molecule has 7 nitrogen and oxygen atoms in total. The SMILES string of the molecule is CO[C@H]1C[C@@H](COc2ccc(C(F)(F)F)cc2C(=O)N=c2cc(C(C)(C)C)n(C)n2C[C@H]2CCCO2)C1. The number of ether oxygens (including phenoxy) is 3. The van der Waals surface area contributed by atoms with Crippen LogP contribution >= 0.6 is 0 Å². The number of hydrogen-bond acceptors (Lipinski definition) is 4. The highest BCUT2D eigenvalue weighted by Crippen LogP contribution is 2.35. The fourth-order valence-electron chi connectivity index (χ4n) is 4.94. The van der Waals surface area contributed by atoms with Crippen molar-refractivity contribution in [1.82, 2.24) is 9.36 Å². The van der Waals surface area contributed by atoms with Gasteiger partial charge in [0.15, 0.2) is 5.49 Å². The van der Waals surface area contributed by atoms with Gasteiger partial charge >= 0.3 is 6.18 Å². The first kappa shape index (κ1) is 27.4. The standard InChI is InChI=1S/C27H36F3N3O4/c1-26(2,3)23-14-24(33(32(23)4)15-19-7-6-10-36-19)31-25(34)21-13-18(27(28,29)30)8-9-22(21)37-16-17-11-20(12-17)35-5/h8-9,13-14,17,19-20H,6-7,10-12,15-16H2,1-5H3/t17-,19-,20+/m1/s1. The Balaban J connectivity index is 1.70. The van der Waals surface area contributed by atoms with Crippen LogP contribution in [0.25, 0.3) is 0 Å². The maximum absolute atomic E-state index is 13.5. The van der Waals surface area contributed by atoms with Crippen LogP contribution in [-0.4, -0.2) is 47.8 Å². The molecule has 1 aliphatic heterocycles. The van der Waals surface area contributed by atoms with Crippen molar-refractivity contribution in [3.63, 3.8) is 0 Å². The first-order chi connectivity index (χ1) is 17.4. The van der Waals surface area contributed by atoms with Gasteiger partial charge in [0.25, 0.3) is 5.91 Å². The largest absolute Gasteiger partial charge is 0.492 e. The number of methoxy groups -OCH3 is 1. The monoisotopic (exact) mass is 523 g/mol. The van der Waals surface area contributed by atoms with Crippen LogP contribution in [0.5, 0.6) is 5.75 Å². The van der Waals surface area contributed by atoms with Crippen LogP contribution in [0.2, 0.25) is 0 Å². The number of aromatic nitrogens is 2. The number of hydrogen-bond donors (Lipinski definition) is 0. The normalized spacial score (nSPS) is 22.8. The summed E-state index contributed by atoms with van der Waals surface area (Å²) in [5, 5.41) is 0. The van der Waals surface area contributed by atoms with Crippen molar-refractivity contribution in [2.24, 2.45) is 18.0 Å². The van der Waals surface area contributed by atoms with E-state index in [1.54, 1.807) is 7.11 Å². The molecule has 37 heavy (non-hydrogen) atoms. The molecule has 0 bridgehead atoms. The van der Waals surface area contributed by atoms with Gasteiger partial charge < -0.3 is 14.2 Å². The lowest BCUT2D eigenvalue weighted by molar-refractivity contribution is -0.137. The summed E-state index contributed by atoms with van der Waals surface area (Å²) in [5.41, 5.74) is -0.0511. The highest BCUT2D eigenvalue weighted by Gasteiger charge is 2.33. The second kappa shape index (κ2) is 10.6. The predicted octanol–water partition coefficient (Wildman–Crippen LogP) is 4.87. The molecule has 1 aliphatic carbocycles. The molecular weight excluding hydrogens is 487 g/mol. The molecule has 10 heteroatoms. The molecule has 1 aromatic carbocycles. The fourth-order valence-corrected chi connectivity index (χ4v) is 4.94. The quantitative estimate of drug-likeness (QED) is 0.520. The van der Waals surface area contributed by atoms with Crippen LogP contribution in [0.1, 0.15) is 68.1 Å². The van der Waals surface area contributed by atoms with Crippen molar-refractivity contribution in [3.05, 3.63) is 46.6 Å². The van der Waals surface area contributed by atoms with Gasteiger partial charge in [-0.2, -0.15) is 18.2 Å². The van der Waals surface area contributed by atoms with E-state index in [2.05, 4.69) is 25.8 Å². The van der Waals surface area contributed by atoms with Crippen LogP contribution in [0.4, 0.5) is 13.2 Å². The van der Waals surface area contributed by atoms with Gasteiger partial charge in [-0.15, -0.1) is 0 Å². The van der Waals surface area contributed by atoms with Crippen molar-refractivity contribution >= 4 is 5.91 Å². The number of benzene rings is 1. The smallest absolute Gasteiger partial charge is 0.416 e. The topological polar surface area (TPSA) is 67.0 Å². The number of carbonyl (C=O) groups is 1. The molecule has 0 radical (unpaired) electrons. The van der Waals surface area contributed by atoms with E-state index in [-0.39, 0.29) is 34.9 Å². The maximum Gasteiger partial charge on any atom is 0.416 e. The lowest BCUT2D eigenvalue weighted by atomic mass is 9.83. The zero-order valence-electron chi connectivity index (χ0n) is 22.1. The fraction of sp³-hybridized carbons (Fsp3) is 0.630. The van der Waals surface area contributed by atoms with E-state index in [4.69, 9.17) is 14.2 Å². The second-order valence-corrected chi connectivity index (χ2v) is 11.0. The Labute approximate surface area is 215 Å². The van der Waals surface area contributed by atoms with Crippen molar-refractivity contribution in [2.75, 3.05) is 20.3 Å². The van der Waals surface area contributed by atoms with Gasteiger partial charge in [-0.05, 0) is 49.8 Å². The lowest BCUT2D eigenvalue weighted by Gasteiger charge is -2.33. The minimum atomic E-state index is -4.60. The third-order valence-corrected chi connectivity index (χ3v) is 7.16. The minimum absolute atomic E-state index is 0.0127. The molecule has 1 amide bonds. The number of nitrogens with zero attached hydrogens (tertiary/aromatic N) is 3. The van der Waals surface area contributed by atoms with Crippen molar-refractivity contribution in [1.29, 1.82) is 0 Å². The van der Waals surface area contributed by atoms with Crippen molar-refractivity contribution in [3.8, 4) is 5.75 Å². The van der Waals surface area contributed by atoms with E-state index in [9.17, 15) is 18.0 Å². The van der Waals surface area contributed by atoms with Gasteiger partial charge in [-0.3, -0.25) is 14.2 Å². The Bertz CT molecular complexity index is 1180. The molecule has 1 atom stereocenters. The average molecular weight is 524 g/mol. The molecule has 1 aromatic heterocycles. The molecule has 4 rings (SSSR count). The average Bonchev–Trinajstić information content (AvgIpc) is 3.41. The van der Waals surface area contributed by atoms with E-state index >= 15 is 0 Å².